The summed E-state index contributed by atoms with van der Waals surface area (Å²) in [7, 11) is 0. The van der Waals surface area contributed by atoms with Crippen molar-refractivity contribution in [1.29, 1.82) is 0 Å². The lowest BCUT2D eigenvalue weighted by Gasteiger charge is -2.15. The fourth-order valence-corrected chi connectivity index (χ4v) is 3.37. The monoisotopic (exact) mass is 496 g/mol. The van der Waals surface area contributed by atoms with E-state index in [1.54, 1.807) is 13.8 Å². The van der Waals surface area contributed by atoms with Crippen LogP contribution in [0.15, 0.2) is 30.8 Å². The molecule has 10 heteroatoms. The molecule has 0 aliphatic heterocycles. The highest BCUT2D eigenvalue weighted by molar-refractivity contribution is 6.01. The molecule has 1 heterocycles. The first-order valence-electron chi connectivity index (χ1n) is 11.4. The quantitative estimate of drug-likeness (QED) is 0.271. The van der Waals surface area contributed by atoms with Gasteiger partial charge in [0, 0.05) is 17.7 Å². The van der Waals surface area contributed by atoms with Crippen molar-refractivity contribution in [3.63, 3.8) is 0 Å². The Balaban J connectivity index is 1.96. The summed E-state index contributed by atoms with van der Waals surface area (Å²) < 4.78 is 14.6. The highest BCUT2D eigenvalue weighted by Gasteiger charge is 2.25. The second-order valence-electron chi connectivity index (χ2n) is 8.48. The zero-order chi connectivity index (χ0) is 26.2. The first kappa shape index (κ1) is 26.6. The number of aliphatic hydroxyl groups excluding tert-OH is 1. The Bertz CT molecular complexity index is 1170. The van der Waals surface area contributed by atoms with E-state index in [0.29, 0.717) is 35.4 Å². The normalized spacial score (nSPS) is 12.6. The van der Waals surface area contributed by atoms with Crippen LogP contribution in [0.4, 0.5) is 4.79 Å². The highest BCUT2D eigenvalue weighted by Crippen LogP contribution is 2.30. The van der Waals surface area contributed by atoms with E-state index in [4.69, 9.17) is 14.2 Å². The third-order valence-corrected chi connectivity index (χ3v) is 5.39. The first-order valence-corrected chi connectivity index (χ1v) is 11.4. The largest absolute Gasteiger partial charge is 0.511 e. The second kappa shape index (κ2) is 12.1. The van der Waals surface area contributed by atoms with Crippen molar-refractivity contribution in [2.75, 3.05) is 13.3 Å². The van der Waals surface area contributed by atoms with E-state index in [-0.39, 0.29) is 29.1 Å². The molecule has 2 N–H and O–H groups in total. The highest BCUT2D eigenvalue weighted by atomic mass is 16.8. The van der Waals surface area contributed by atoms with E-state index in [1.807, 2.05) is 0 Å². The van der Waals surface area contributed by atoms with Gasteiger partial charge in [0.15, 0.2) is 12.0 Å². The molecule has 36 heavy (non-hydrogen) atoms. The lowest BCUT2D eigenvalue weighted by atomic mass is 9.93. The van der Waals surface area contributed by atoms with Crippen LogP contribution < -0.4 is 5.32 Å². The second-order valence-corrected chi connectivity index (χ2v) is 8.48. The van der Waals surface area contributed by atoms with Gasteiger partial charge in [-0.1, -0.05) is 12.7 Å². The predicted octanol–water partition coefficient (Wildman–Crippen LogP) is 3.51. The molecule has 0 spiro atoms. The number of carbonyl (C=O) groups excluding carboxylic acids is 4. The van der Waals surface area contributed by atoms with Crippen LogP contribution in [0.5, 0.6) is 0 Å². The van der Waals surface area contributed by atoms with Gasteiger partial charge in [-0.25, -0.2) is 14.6 Å². The third kappa shape index (κ3) is 6.76. The summed E-state index contributed by atoms with van der Waals surface area (Å²) in [5.74, 6) is -1.02. The van der Waals surface area contributed by atoms with Crippen LogP contribution in [-0.2, 0) is 20.8 Å². The van der Waals surface area contributed by atoms with Gasteiger partial charge < -0.3 is 24.6 Å². The maximum absolute atomic E-state index is 13.0. The molecule has 1 amide bonds. The number of carbonyl (C=O) groups is 4. The molecule has 1 saturated carbocycles. The maximum Gasteiger partial charge on any atom is 0.511 e. The van der Waals surface area contributed by atoms with Crippen molar-refractivity contribution in [3.8, 4) is 11.1 Å². The van der Waals surface area contributed by atoms with Crippen LogP contribution in [0.2, 0.25) is 0 Å². The molecule has 1 aliphatic carbocycles. The minimum Gasteiger partial charge on any atom is -0.431 e. The fourth-order valence-electron chi connectivity index (χ4n) is 3.37. The van der Waals surface area contributed by atoms with Crippen LogP contribution in [0.25, 0.3) is 17.2 Å². The molecule has 190 valence electrons. The molecule has 10 nitrogen and oxygen atoms in total. The first-order chi connectivity index (χ1) is 17.3. The topological polar surface area (TPSA) is 141 Å². The summed E-state index contributed by atoms with van der Waals surface area (Å²) >= 11 is 0. The molecule has 0 atom stereocenters. The van der Waals surface area contributed by atoms with E-state index in [1.165, 1.54) is 30.3 Å². The third-order valence-electron chi connectivity index (χ3n) is 5.39. The van der Waals surface area contributed by atoms with Crippen molar-refractivity contribution in [2.24, 2.45) is 5.92 Å². The number of nitrogens with zero attached hydrogens (tertiary/aromatic N) is 1. The average Bonchev–Trinajstić information content (AvgIpc) is 3.70. The Kier molecular flexibility index (Phi) is 8.91. The number of rotatable bonds is 11. The van der Waals surface area contributed by atoms with Gasteiger partial charge in [-0.15, -0.1) is 0 Å². The molecule has 1 fully saturated rings. The van der Waals surface area contributed by atoms with E-state index in [2.05, 4.69) is 16.9 Å². The van der Waals surface area contributed by atoms with E-state index >= 15 is 0 Å². The Morgan fingerprint density at radius 3 is 2.53 bits per heavy atom. The fraction of sp³-hybridized carbons (Fsp3) is 0.346. The summed E-state index contributed by atoms with van der Waals surface area (Å²) in [6, 6.07) is 5.97. The smallest absolute Gasteiger partial charge is 0.431 e. The zero-order valence-corrected chi connectivity index (χ0v) is 20.1. The van der Waals surface area contributed by atoms with Gasteiger partial charge in [0.2, 0.25) is 6.79 Å². The Morgan fingerprint density at radius 2 is 1.92 bits per heavy atom. The Labute approximate surface area is 208 Å². The van der Waals surface area contributed by atoms with Crippen LogP contribution in [0.3, 0.4) is 0 Å². The van der Waals surface area contributed by atoms with Crippen molar-refractivity contribution in [1.82, 2.24) is 10.3 Å². The van der Waals surface area contributed by atoms with Gasteiger partial charge >= 0.3 is 12.1 Å². The van der Waals surface area contributed by atoms with Crippen molar-refractivity contribution in [3.05, 3.63) is 58.9 Å². The number of nitrogens with one attached hydrogen (secondary N) is 1. The van der Waals surface area contributed by atoms with Crippen molar-refractivity contribution < 1.29 is 38.5 Å². The minimum absolute atomic E-state index is 0.0239. The minimum atomic E-state index is -1.02. The van der Waals surface area contributed by atoms with Gasteiger partial charge in [-0.05, 0) is 73.6 Å². The molecular weight excluding hydrogens is 468 g/mol. The van der Waals surface area contributed by atoms with E-state index < -0.39 is 30.9 Å². The number of esters is 1. The van der Waals surface area contributed by atoms with Crippen LogP contribution in [0, 0.1) is 5.92 Å². The summed E-state index contributed by atoms with van der Waals surface area (Å²) in [5.41, 5.74) is 1.42. The average molecular weight is 497 g/mol. The van der Waals surface area contributed by atoms with Gasteiger partial charge in [0.1, 0.15) is 5.69 Å². The summed E-state index contributed by atoms with van der Waals surface area (Å²) in [6.07, 6.45) is 2.75. The molecule has 0 saturated heterocycles. The van der Waals surface area contributed by atoms with Crippen LogP contribution in [-0.4, -0.2) is 53.9 Å². The standard InChI is InChI=1S/C26H28N2O8/c1-4-17-9-19(13-30)21(10-18(17)12-29)20-7-8-22(24(31)27-11-16-5-6-16)28-23(20)25(32)34-14-35-26(33)36-15(2)3/h4,7-10,13,15-16,29H,1,5-6,11-12,14H2,2-3H3,(H,27,31). The van der Waals surface area contributed by atoms with Crippen molar-refractivity contribution in [2.45, 2.75) is 39.4 Å². The molecule has 1 aromatic carbocycles. The van der Waals surface area contributed by atoms with Crippen LogP contribution in [0.1, 0.15) is 69.2 Å². The number of aliphatic hydroxyl groups is 1. The molecule has 0 unspecified atom stereocenters. The van der Waals surface area contributed by atoms with Gasteiger partial charge in [0.25, 0.3) is 5.91 Å². The predicted molar refractivity (Wildman–Crippen MR) is 129 cm³/mol. The number of ether oxygens (including phenoxy) is 3. The zero-order valence-electron chi connectivity index (χ0n) is 20.1. The van der Waals surface area contributed by atoms with Gasteiger partial charge in [-0.2, -0.15) is 0 Å². The van der Waals surface area contributed by atoms with Crippen molar-refractivity contribution >= 4 is 30.4 Å². The lowest BCUT2D eigenvalue weighted by Crippen LogP contribution is -2.27. The molecular formula is C26H28N2O8. The molecule has 2 aromatic rings. The maximum atomic E-state index is 13.0. The van der Waals surface area contributed by atoms with Gasteiger partial charge in [0.05, 0.1) is 12.7 Å². The molecule has 1 aliphatic rings. The Morgan fingerprint density at radius 1 is 1.17 bits per heavy atom. The summed E-state index contributed by atoms with van der Waals surface area (Å²) in [5, 5.41) is 12.5. The summed E-state index contributed by atoms with van der Waals surface area (Å²) in [4.78, 5) is 53.2. The molecule has 3 rings (SSSR count). The number of aromatic nitrogens is 1. The number of pyridine rings is 1. The number of amides is 1. The number of benzene rings is 1. The Hall–Kier alpha value is -4.05. The molecule has 0 radical (unpaired) electrons. The molecule has 1 aromatic heterocycles. The molecule has 0 bridgehead atoms. The number of hydrogen-bond acceptors (Lipinski definition) is 9. The number of aldehydes is 1. The SMILES string of the molecule is C=Cc1cc(C=O)c(-c2ccc(C(=O)NCC3CC3)nc2C(=O)OCOC(=O)OC(C)C)cc1CO. The van der Waals surface area contributed by atoms with Gasteiger partial charge in [-0.3, -0.25) is 9.59 Å². The van der Waals surface area contributed by atoms with E-state index in [0.717, 1.165) is 12.8 Å². The number of hydrogen-bond donors (Lipinski definition) is 2. The summed E-state index contributed by atoms with van der Waals surface area (Å²) in [6.45, 7) is 6.36. The van der Waals surface area contributed by atoms with E-state index in [9.17, 15) is 24.3 Å². The lowest BCUT2D eigenvalue weighted by molar-refractivity contribution is -0.0347. The van der Waals surface area contributed by atoms with Crippen LogP contribution >= 0.6 is 0 Å².